The van der Waals surface area contributed by atoms with Crippen LogP contribution in [0.2, 0.25) is 5.02 Å². The molecule has 19 heavy (non-hydrogen) atoms. The van der Waals surface area contributed by atoms with E-state index < -0.39 is 10.0 Å². The van der Waals surface area contributed by atoms with Crippen LogP contribution in [0.3, 0.4) is 0 Å². The number of aryl methyl sites for hydroxylation is 2. The summed E-state index contributed by atoms with van der Waals surface area (Å²) in [6, 6.07) is 6.79. The lowest BCUT2D eigenvalue weighted by Gasteiger charge is -2.10. The number of halogens is 2. The van der Waals surface area contributed by atoms with E-state index in [4.69, 9.17) is 11.6 Å². The number of thiophene rings is 1. The third-order valence-electron chi connectivity index (χ3n) is 2.50. The van der Waals surface area contributed by atoms with Gasteiger partial charge >= 0.3 is 0 Å². The molecule has 0 atom stereocenters. The van der Waals surface area contributed by atoms with Crippen molar-refractivity contribution in [1.29, 1.82) is 0 Å². The van der Waals surface area contributed by atoms with Crippen molar-refractivity contribution in [3.05, 3.63) is 43.5 Å². The number of nitrogens with one attached hydrogen (secondary N) is 1. The van der Waals surface area contributed by atoms with Crippen LogP contribution in [-0.2, 0) is 10.0 Å². The minimum Gasteiger partial charge on any atom is -0.278 e. The van der Waals surface area contributed by atoms with Crippen molar-refractivity contribution >= 4 is 54.6 Å². The Morgan fingerprint density at radius 2 is 1.95 bits per heavy atom. The molecule has 0 unspecified atom stereocenters. The summed E-state index contributed by atoms with van der Waals surface area (Å²) < 4.78 is 27.9. The normalized spacial score (nSPS) is 11.6. The highest BCUT2D eigenvalue weighted by atomic mass is 79.9. The van der Waals surface area contributed by atoms with Crippen molar-refractivity contribution in [3.8, 4) is 0 Å². The molecule has 3 nitrogen and oxygen atoms in total. The molecule has 0 saturated carbocycles. The molecule has 0 saturated heterocycles. The summed E-state index contributed by atoms with van der Waals surface area (Å²) in [4.78, 5) is 0.991. The van der Waals surface area contributed by atoms with Gasteiger partial charge in [-0.1, -0.05) is 17.7 Å². The third kappa shape index (κ3) is 3.31. The number of hydrogen-bond donors (Lipinski definition) is 1. The lowest BCUT2D eigenvalue weighted by atomic mass is 10.2. The van der Waals surface area contributed by atoms with Gasteiger partial charge < -0.3 is 0 Å². The van der Waals surface area contributed by atoms with Crippen molar-refractivity contribution in [2.24, 2.45) is 0 Å². The van der Waals surface area contributed by atoms with E-state index >= 15 is 0 Å². The second-order valence-electron chi connectivity index (χ2n) is 4.06. The first-order valence-corrected chi connectivity index (χ1v) is 8.81. The number of benzene rings is 1. The topological polar surface area (TPSA) is 46.2 Å². The summed E-state index contributed by atoms with van der Waals surface area (Å²) in [5.41, 5.74) is 1.33. The fourth-order valence-corrected chi connectivity index (χ4v) is 5.32. The number of sulfonamides is 1. The van der Waals surface area contributed by atoms with Crippen LogP contribution in [0.25, 0.3) is 0 Å². The summed E-state index contributed by atoms with van der Waals surface area (Å²) in [5.74, 6) is 0. The largest absolute Gasteiger partial charge is 0.278 e. The van der Waals surface area contributed by atoms with E-state index in [9.17, 15) is 8.42 Å². The highest BCUT2D eigenvalue weighted by Crippen LogP contribution is 2.32. The maximum absolute atomic E-state index is 12.3. The van der Waals surface area contributed by atoms with Gasteiger partial charge in [0, 0.05) is 4.88 Å². The van der Waals surface area contributed by atoms with Gasteiger partial charge in [0.2, 0.25) is 0 Å². The maximum Gasteiger partial charge on any atom is 0.263 e. The number of anilines is 1. The van der Waals surface area contributed by atoms with Gasteiger partial charge in [0.1, 0.15) is 4.90 Å². The molecule has 1 N–H and O–H groups in total. The maximum atomic E-state index is 12.3. The number of rotatable bonds is 3. The Kier molecular flexibility index (Phi) is 4.25. The molecule has 0 spiro atoms. The lowest BCUT2D eigenvalue weighted by molar-refractivity contribution is 0.601. The van der Waals surface area contributed by atoms with Crippen LogP contribution >= 0.6 is 38.9 Å². The van der Waals surface area contributed by atoms with E-state index in [0.29, 0.717) is 10.7 Å². The van der Waals surface area contributed by atoms with Gasteiger partial charge in [-0.3, -0.25) is 4.72 Å². The van der Waals surface area contributed by atoms with Crippen molar-refractivity contribution in [2.45, 2.75) is 18.7 Å². The Bertz CT molecular complexity index is 725. The molecule has 0 aliphatic heterocycles. The average molecular weight is 381 g/mol. The molecule has 0 aliphatic carbocycles. The zero-order valence-corrected chi connectivity index (χ0v) is 14.2. The van der Waals surface area contributed by atoms with E-state index in [0.717, 1.165) is 14.2 Å². The van der Waals surface area contributed by atoms with Gasteiger partial charge in [-0.2, -0.15) is 0 Å². The first-order valence-electron chi connectivity index (χ1n) is 5.34. The molecule has 2 aromatic rings. The first kappa shape index (κ1) is 14.8. The van der Waals surface area contributed by atoms with E-state index in [1.807, 2.05) is 13.0 Å². The highest BCUT2D eigenvalue weighted by molar-refractivity contribution is 9.11. The zero-order valence-electron chi connectivity index (χ0n) is 10.2. The predicted octanol–water partition coefficient (Wildman–Crippen LogP) is 4.58. The van der Waals surface area contributed by atoms with Crippen LogP contribution in [0.1, 0.15) is 10.4 Å². The summed E-state index contributed by atoms with van der Waals surface area (Å²) in [5, 5.41) is 0.376. The Labute approximate surface area is 129 Å². The second kappa shape index (κ2) is 5.44. The molecule has 0 bridgehead atoms. The Hall–Kier alpha value is -0.560. The first-order chi connectivity index (χ1) is 8.79. The van der Waals surface area contributed by atoms with Crippen LogP contribution < -0.4 is 4.72 Å². The molecule has 7 heteroatoms. The quantitative estimate of drug-likeness (QED) is 0.847. The number of hydrogen-bond acceptors (Lipinski definition) is 3. The molecule has 2 rings (SSSR count). The van der Waals surface area contributed by atoms with Gasteiger partial charge in [-0.15, -0.1) is 11.3 Å². The molecule has 1 aromatic heterocycles. The van der Waals surface area contributed by atoms with Crippen LogP contribution in [0.5, 0.6) is 0 Å². The van der Waals surface area contributed by atoms with Crippen molar-refractivity contribution in [1.82, 2.24) is 0 Å². The monoisotopic (exact) mass is 379 g/mol. The van der Waals surface area contributed by atoms with E-state index in [1.54, 1.807) is 25.1 Å². The third-order valence-corrected chi connectivity index (χ3v) is 6.00. The lowest BCUT2D eigenvalue weighted by Crippen LogP contribution is -2.13. The predicted molar refractivity (Wildman–Crippen MR) is 83.8 cm³/mol. The smallest absolute Gasteiger partial charge is 0.263 e. The summed E-state index contributed by atoms with van der Waals surface area (Å²) in [6.07, 6.45) is 0. The standard InChI is InChI=1S/C12H11BrClNO2S2/c1-7-3-4-9(14)10(5-7)15-19(16,17)11-6-12(13)18-8(11)2/h3-6,15H,1-2H3. The summed E-state index contributed by atoms with van der Waals surface area (Å²) >= 11 is 10.7. The minimum atomic E-state index is -3.62. The molecule has 1 aromatic carbocycles. The van der Waals surface area contributed by atoms with Gasteiger partial charge in [-0.05, 0) is 53.5 Å². The SMILES string of the molecule is Cc1ccc(Cl)c(NS(=O)(=O)c2cc(Br)sc2C)c1. The van der Waals surface area contributed by atoms with Crippen molar-refractivity contribution in [2.75, 3.05) is 4.72 Å². The van der Waals surface area contributed by atoms with E-state index in [-0.39, 0.29) is 4.90 Å². The Morgan fingerprint density at radius 3 is 2.53 bits per heavy atom. The van der Waals surface area contributed by atoms with Gasteiger partial charge in [0.05, 0.1) is 14.5 Å². The fraction of sp³-hybridized carbons (Fsp3) is 0.167. The summed E-state index contributed by atoms with van der Waals surface area (Å²) in [6.45, 7) is 3.64. The minimum absolute atomic E-state index is 0.266. The van der Waals surface area contributed by atoms with Gasteiger partial charge in [0.15, 0.2) is 0 Å². The Balaban J connectivity index is 2.42. The van der Waals surface area contributed by atoms with Crippen LogP contribution in [0.4, 0.5) is 5.69 Å². The van der Waals surface area contributed by atoms with Crippen LogP contribution in [-0.4, -0.2) is 8.42 Å². The molecule has 0 radical (unpaired) electrons. The van der Waals surface area contributed by atoms with E-state index in [1.165, 1.54) is 11.3 Å². The zero-order chi connectivity index (χ0) is 14.2. The van der Waals surface area contributed by atoms with Crippen molar-refractivity contribution < 1.29 is 8.42 Å². The highest BCUT2D eigenvalue weighted by Gasteiger charge is 2.20. The average Bonchev–Trinajstić information content (AvgIpc) is 2.63. The van der Waals surface area contributed by atoms with Gasteiger partial charge in [0.25, 0.3) is 10.0 Å². The Morgan fingerprint density at radius 1 is 1.26 bits per heavy atom. The molecule has 0 aliphatic rings. The van der Waals surface area contributed by atoms with E-state index in [2.05, 4.69) is 20.7 Å². The fourth-order valence-electron chi connectivity index (χ4n) is 1.61. The molecule has 1 heterocycles. The van der Waals surface area contributed by atoms with Gasteiger partial charge in [-0.25, -0.2) is 8.42 Å². The second-order valence-corrected chi connectivity index (χ2v) is 8.75. The molecule has 102 valence electrons. The molecular weight excluding hydrogens is 370 g/mol. The molecular formula is C12H11BrClNO2S2. The van der Waals surface area contributed by atoms with Crippen LogP contribution in [0.15, 0.2) is 32.9 Å². The van der Waals surface area contributed by atoms with Crippen LogP contribution in [0, 0.1) is 13.8 Å². The molecule has 0 fully saturated rings. The molecule has 0 amide bonds. The summed E-state index contributed by atoms with van der Waals surface area (Å²) in [7, 11) is -3.62. The van der Waals surface area contributed by atoms with Crippen molar-refractivity contribution in [3.63, 3.8) is 0 Å².